The van der Waals surface area contributed by atoms with Crippen LogP contribution < -0.4 is 10.1 Å². The van der Waals surface area contributed by atoms with E-state index in [1.54, 1.807) is 30.5 Å². The molecule has 0 aliphatic rings. The summed E-state index contributed by atoms with van der Waals surface area (Å²) < 4.78 is 5.37. The van der Waals surface area contributed by atoms with E-state index >= 15 is 0 Å². The van der Waals surface area contributed by atoms with Crippen LogP contribution in [0.2, 0.25) is 0 Å². The fraction of sp³-hybridized carbons (Fsp3) is 0.0435. The lowest BCUT2D eigenvalue weighted by Crippen LogP contribution is -2.08. The molecule has 0 amide bonds. The standard InChI is InChI=1S/C23H18N4O2/c1-16-25-21(17-6-3-2-4-7-17)14-22(26-16)27-19-9-11-20(12-10-19)29-23(28)18-8-5-13-24-15-18/h2-15H,1H3,(H,25,26,27). The highest BCUT2D eigenvalue weighted by molar-refractivity contribution is 5.90. The molecule has 0 fully saturated rings. The summed E-state index contributed by atoms with van der Waals surface area (Å²) >= 11 is 0. The molecule has 0 spiro atoms. The minimum Gasteiger partial charge on any atom is -0.423 e. The summed E-state index contributed by atoms with van der Waals surface area (Å²) in [7, 11) is 0. The lowest BCUT2D eigenvalue weighted by molar-refractivity contribution is 0.0734. The molecule has 6 heteroatoms. The van der Waals surface area contributed by atoms with Crippen molar-refractivity contribution in [2.24, 2.45) is 0 Å². The van der Waals surface area contributed by atoms with Crippen LogP contribution in [-0.2, 0) is 0 Å². The summed E-state index contributed by atoms with van der Waals surface area (Å²) in [5.74, 6) is 1.37. The Hall–Kier alpha value is -4.06. The summed E-state index contributed by atoms with van der Waals surface area (Å²) in [4.78, 5) is 25.0. The van der Waals surface area contributed by atoms with Crippen molar-refractivity contribution in [1.82, 2.24) is 15.0 Å². The van der Waals surface area contributed by atoms with E-state index < -0.39 is 5.97 Å². The molecule has 2 aromatic heterocycles. The second-order valence-electron chi connectivity index (χ2n) is 6.33. The maximum atomic E-state index is 12.1. The maximum Gasteiger partial charge on any atom is 0.345 e. The maximum absolute atomic E-state index is 12.1. The summed E-state index contributed by atoms with van der Waals surface area (Å²) in [6.45, 7) is 1.86. The van der Waals surface area contributed by atoms with Crippen molar-refractivity contribution in [2.75, 3.05) is 5.32 Å². The van der Waals surface area contributed by atoms with Crippen molar-refractivity contribution in [1.29, 1.82) is 0 Å². The highest BCUT2D eigenvalue weighted by atomic mass is 16.5. The zero-order chi connectivity index (χ0) is 20.1. The van der Waals surface area contributed by atoms with E-state index in [0.717, 1.165) is 16.9 Å². The quantitative estimate of drug-likeness (QED) is 0.394. The Balaban J connectivity index is 1.48. The van der Waals surface area contributed by atoms with Crippen LogP contribution in [0.1, 0.15) is 16.2 Å². The lowest BCUT2D eigenvalue weighted by atomic mass is 10.1. The van der Waals surface area contributed by atoms with Gasteiger partial charge in [0.15, 0.2) is 0 Å². The summed E-state index contributed by atoms with van der Waals surface area (Å²) in [6.07, 6.45) is 3.08. The summed E-state index contributed by atoms with van der Waals surface area (Å²) in [6, 6.07) is 22.3. The average molecular weight is 382 g/mol. The first kappa shape index (κ1) is 18.3. The Bertz CT molecular complexity index is 1110. The molecule has 0 bridgehead atoms. The third kappa shape index (κ3) is 4.62. The lowest BCUT2D eigenvalue weighted by Gasteiger charge is -2.10. The molecule has 142 valence electrons. The molecule has 0 radical (unpaired) electrons. The topological polar surface area (TPSA) is 77.0 Å². The van der Waals surface area contributed by atoms with Crippen LogP contribution in [0.15, 0.2) is 85.2 Å². The molecule has 2 heterocycles. The van der Waals surface area contributed by atoms with Gasteiger partial charge in [0.1, 0.15) is 17.4 Å². The number of rotatable bonds is 5. The van der Waals surface area contributed by atoms with E-state index in [-0.39, 0.29) is 0 Å². The molecule has 4 rings (SSSR count). The number of anilines is 2. The molecule has 1 N–H and O–H groups in total. The van der Waals surface area contributed by atoms with Crippen LogP contribution in [-0.4, -0.2) is 20.9 Å². The van der Waals surface area contributed by atoms with Gasteiger partial charge in [0.2, 0.25) is 0 Å². The van der Waals surface area contributed by atoms with Gasteiger partial charge in [-0.25, -0.2) is 14.8 Å². The van der Waals surface area contributed by atoms with Gasteiger partial charge in [0.25, 0.3) is 0 Å². The van der Waals surface area contributed by atoms with Gasteiger partial charge in [-0.3, -0.25) is 4.98 Å². The molecule has 6 nitrogen and oxygen atoms in total. The van der Waals surface area contributed by atoms with Crippen LogP contribution in [0, 0.1) is 6.92 Å². The molecular formula is C23H18N4O2. The number of hydrogen-bond donors (Lipinski definition) is 1. The Morgan fingerprint density at radius 3 is 2.45 bits per heavy atom. The van der Waals surface area contributed by atoms with Crippen molar-refractivity contribution < 1.29 is 9.53 Å². The molecule has 0 saturated carbocycles. The van der Waals surface area contributed by atoms with E-state index in [9.17, 15) is 4.79 Å². The van der Waals surface area contributed by atoms with Gasteiger partial charge in [0, 0.05) is 29.7 Å². The minimum atomic E-state index is -0.447. The SMILES string of the molecule is Cc1nc(Nc2ccc(OC(=O)c3cccnc3)cc2)cc(-c2ccccc2)n1. The first-order chi connectivity index (χ1) is 14.2. The zero-order valence-electron chi connectivity index (χ0n) is 15.7. The van der Waals surface area contributed by atoms with Crippen LogP contribution in [0.3, 0.4) is 0 Å². The second-order valence-corrected chi connectivity index (χ2v) is 6.33. The fourth-order valence-corrected chi connectivity index (χ4v) is 2.79. The van der Waals surface area contributed by atoms with Gasteiger partial charge in [-0.05, 0) is 43.3 Å². The third-order valence-corrected chi connectivity index (χ3v) is 4.14. The van der Waals surface area contributed by atoms with Gasteiger partial charge in [-0.15, -0.1) is 0 Å². The average Bonchev–Trinajstić information content (AvgIpc) is 2.76. The molecule has 0 unspecified atom stereocenters. The fourth-order valence-electron chi connectivity index (χ4n) is 2.79. The van der Waals surface area contributed by atoms with E-state index in [1.165, 1.54) is 6.20 Å². The Morgan fingerprint density at radius 2 is 1.72 bits per heavy atom. The predicted octanol–water partition coefficient (Wildman–Crippen LogP) is 4.81. The Kier molecular flexibility index (Phi) is 5.25. The molecule has 0 saturated heterocycles. The van der Waals surface area contributed by atoms with Crippen LogP contribution >= 0.6 is 0 Å². The van der Waals surface area contributed by atoms with Gasteiger partial charge in [-0.1, -0.05) is 30.3 Å². The van der Waals surface area contributed by atoms with Crippen molar-refractivity contribution in [3.05, 3.63) is 96.6 Å². The van der Waals surface area contributed by atoms with Crippen LogP contribution in [0.5, 0.6) is 5.75 Å². The van der Waals surface area contributed by atoms with Gasteiger partial charge in [0.05, 0.1) is 11.3 Å². The number of carbonyl (C=O) groups excluding carboxylic acids is 1. The highest BCUT2D eigenvalue weighted by Crippen LogP contribution is 2.23. The molecular weight excluding hydrogens is 364 g/mol. The first-order valence-electron chi connectivity index (χ1n) is 9.08. The van der Waals surface area contributed by atoms with Crippen LogP contribution in [0.25, 0.3) is 11.3 Å². The van der Waals surface area contributed by atoms with Crippen molar-refractivity contribution in [3.8, 4) is 17.0 Å². The summed E-state index contributed by atoms with van der Waals surface area (Å²) in [5, 5.41) is 3.27. The van der Waals surface area contributed by atoms with E-state index in [0.29, 0.717) is 23.0 Å². The van der Waals surface area contributed by atoms with Crippen molar-refractivity contribution in [2.45, 2.75) is 6.92 Å². The predicted molar refractivity (Wildman–Crippen MR) is 111 cm³/mol. The number of aryl methyl sites for hydroxylation is 1. The monoisotopic (exact) mass is 382 g/mol. The highest BCUT2D eigenvalue weighted by Gasteiger charge is 2.09. The minimum absolute atomic E-state index is 0.402. The molecule has 0 atom stereocenters. The molecule has 0 aliphatic heterocycles. The van der Waals surface area contributed by atoms with Crippen LogP contribution in [0.4, 0.5) is 11.5 Å². The van der Waals surface area contributed by atoms with E-state index in [4.69, 9.17) is 4.74 Å². The van der Waals surface area contributed by atoms with E-state index in [2.05, 4.69) is 20.3 Å². The zero-order valence-corrected chi connectivity index (χ0v) is 15.7. The number of hydrogen-bond acceptors (Lipinski definition) is 6. The largest absolute Gasteiger partial charge is 0.423 e. The third-order valence-electron chi connectivity index (χ3n) is 4.14. The normalized spacial score (nSPS) is 10.4. The number of pyridine rings is 1. The number of nitrogens with zero attached hydrogens (tertiary/aromatic N) is 3. The van der Waals surface area contributed by atoms with Gasteiger partial charge in [-0.2, -0.15) is 0 Å². The van der Waals surface area contributed by atoms with Crippen molar-refractivity contribution in [3.63, 3.8) is 0 Å². The molecule has 29 heavy (non-hydrogen) atoms. The smallest absolute Gasteiger partial charge is 0.345 e. The molecule has 0 aliphatic carbocycles. The number of ether oxygens (including phenoxy) is 1. The number of esters is 1. The number of carbonyl (C=O) groups is 1. The second kappa shape index (κ2) is 8.31. The molecule has 2 aromatic carbocycles. The number of aromatic nitrogens is 3. The van der Waals surface area contributed by atoms with Gasteiger partial charge < -0.3 is 10.1 Å². The van der Waals surface area contributed by atoms with E-state index in [1.807, 2.05) is 55.5 Å². The summed E-state index contributed by atoms with van der Waals surface area (Å²) in [5.41, 5.74) is 3.10. The first-order valence-corrected chi connectivity index (χ1v) is 9.08. The van der Waals surface area contributed by atoms with Crippen molar-refractivity contribution >= 4 is 17.5 Å². The Morgan fingerprint density at radius 1 is 0.931 bits per heavy atom. The number of nitrogens with one attached hydrogen (secondary N) is 1. The Labute approximate surface area is 168 Å². The number of benzene rings is 2. The molecule has 4 aromatic rings. The van der Waals surface area contributed by atoms with Gasteiger partial charge >= 0.3 is 5.97 Å².